The van der Waals surface area contributed by atoms with Gasteiger partial charge in [0, 0.05) is 23.1 Å². The van der Waals surface area contributed by atoms with Gasteiger partial charge in [0.2, 0.25) is 0 Å². The number of aryl methyl sites for hydroxylation is 1. The van der Waals surface area contributed by atoms with Crippen LogP contribution in [0.5, 0.6) is 0 Å². The van der Waals surface area contributed by atoms with Gasteiger partial charge in [-0.15, -0.1) is 0 Å². The van der Waals surface area contributed by atoms with Gasteiger partial charge < -0.3 is 14.7 Å². The van der Waals surface area contributed by atoms with Crippen LogP contribution in [-0.2, 0) is 6.42 Å². The molecule has 0 saturated carbocycles. The van der Waals surface area contributed by atoms with Crippen molar-refractivity contribution in [3.63, 3.8) is 0 Å². The number of nitrogens with zero attached hydrogens (tertiary/aromatic N) is 4. The Balaban J connectivity index is 1.72. The largest absolute Gasteiger partial charge is 0.358 e. The maximum atomic E-state index is 14.1. The summed E-state index contributed by atoms with van der Waals surface area (Å²) in [4.78, 5) is 16.8. The SMILES string of the molecule is [C-]#[N+]c1nc(N2CCc3c([nH]c4cc(F)c(Cl)cc34)C2c2ccc(C)cc2)ncc1F. The molecule has 5 nitrogen and oxygen atoms in total. The molecule has 0 aliphatic carbocycles. The van der Waals surface area contributed by atoms with Crippen LogP contribution in [0.15, 0.2) is 42.6 Å². The monoisotopic (exact) mass is 435 g/mol. The van der Waals surface area contributed by atoms with E-state index in [9.17, 15) is 8.78 Å². The Morgan fingerprint density at radius 1 is 1.19 bits per heavy atom. The van der Waals surface area contributed by atoms with Gasteiger partial charge in [-0.1, -0.05) is 53.0 Å². The first-order valence-electron chi connectivity index (χ1n) is 9.69. The summed E-state index contributed by atoms with van der Waals surface area (Å²) in [5.74, 6) is -1.28. The minimum atomic E-state index is -0.751. The van der Waals surface area contributed by atoms with Crippen LogP contribution in [0.1, 0.15) is 28.4 Å². The molecule has 0 fully saturated rings. The Morgan fingerprint density at radius 3 is 2.71 bits per heavy atom. The van der Waals surface area contributed by atoms with Crippen molar-refractivity contribution in [2.24, 2.45) is 0 Å². The quantitative estimate of drug-likeness (QED) is 0.399. The van der Waals surface area contributed by atoms with Crippen LogP contribution >= 0.6 is 11.6 Å². The fourth-order valence-corrected chi connectivity index (χ4v) is 4.33. The predicted molar refractivity (Wildman–Crippen MR) is 116 cm³/mol. The van der Waals surface area contributed by atoms with E-state index in [0.717, 1.165) is 34.0 Å². The van der Waals surface area contributed by atoms with Gasteiger partial charge in [0.05, 0.1) is 17.3 Å². The number of hydrogen-bond donors (Lipinski definition) is 1. The molecule has 154 valence electrons. The Morgan fingerprint density at radius 2 is 1.97 bits per heavy atom. The highest BCUT2D eigenvalue weighted by molar-refractivity contribution is 6.31. The van der Waals surface area contributed by atoms with Crippen molar-refractivity contribution < 1.29 is 8.78 Å². The van der Waals surface area contributed by atoms with Crippen LogP contribution in [0.3, 0.4) is 0 Å². The predicted octanol–water partition coefficient (Wildman–Crippen LogP) is 5.90. The van der Waals surface area contributed by atoms with Crippen LogP contribution < -0.4 is 4.90 Å². The van der Waals surface area contributed by atoms with Crippen LogP contribution in [0.4, 0.5) is 20.5 Å². The average molecular weight is 436 g/mol. The fraction of sp³-hybridized carbons (Fsp3) is 0.174. The number of rotatable bonds is 2. The number of aromatic amines is 1. The highest BCUT2D eigenvalue weighted by Crippen LogP contribution is 2.41. The van der Waals surface area contributed by atoms with Gasteiger partial charge in [0.1, 0.15) is 5.82 Å². The molecule has 2 aromatic heterocycles. The molecule has 1 aliphatic heterocycles. The van der Waals surface area contributed by atoms with Crippen LogP contribution in [0.25, 0.3) is 15.7 Å². The number of fused-ring (bicyclic) bond motifs is 3. The lowest BCUT2D eigenvalue weighted by molar-refractivity contribution is 0.602. The lowest BCUT2D eigenvalue weighted by atomic mass is 9.92. The Bertz CT molecular complexity index is 1360. The zero-order valence-corrected chi connectivity index (χ0v) is 17.2. The van der Waals surface area contributed by atoms with E-state index in [0.29, 0.717) is 18.5 Å². The molecule has 0 radical (unpaired) electrons. The molecule has 0 bridgehead atoms. The molecule has 1 unspecified atom stereocenters. The summed E-state index contributed by atoms with van der Waals surface area (Å²) in [5, 5.41) is 0.951. The summed E-state index contributed by atoms with van der Waals surface area (Å²) in [7, 11) is 0. The fourth-order valence-electron chi connectivity index (χ4n) is 4.16. The van der Waals surface area contributed by atoms with E-state index in [4.69, 9.17) is 18.2 Å². The number of anilines is 1. The van der Waals surface area contributed by atoms with Crippen molar-refractivity contribution in [2.75, 3.05) is 11.4 Å². The van der Waals surface area contributed by atoms with Crippen LogP contribution in [0.2, 0.25) is 5.02 Å². The molecule has 1 N–H and O–H groups in total. The van der Waals surface area contributed by atoms with Gasteiger partial charge in [0.15, 0.2) is 5.82 Å². The minimum Gasteiger partial charge on any atom is -0.358 e. The van der Waals surface area contributed by atoms with E-state index in [1.807, 2.05) is 36.1 Å². The van der Waals surface area contributed by atoms with Gasteiger partial charge >= 0.3 is 11.8 Å². The molecule has 31 heavy (non-hydrogen) atoms. The molecule has 2 aromatic carbocycles. The highest BCUT2D eigenvalue weighted by Gasteiger charge is 2.35. The Kier molecular flexibility index (Phi) is 4.60. The third-order valence-electron chi connectivity index (χ3n) is 5.64. The van der Waals surface area contributed by atoms with Gasteiger partial charge in [0.25, 0.3) is 0 Å². The van der Waals surface area contributed by atoms with Gasteiger partial charge in [-0.2, -0.15) is 4.98 Å². The van der Waals surface area contributed by atoms with Crippen molar-refractivity contribution in [2.45, 2.75) is 19.4 Å². The topological polar surface area (TPSA) is 49.2 Å². The van der Waals surface area contributed by atoms with Crippen LogP contribution in [-0.4, -0.2) is 21.5 Å². The number of hydrogen-bond acceptors (Lipinski definition) is 3. The second-order valence-corrected chi connectivity index (χ2v) is 7.95. The molecule has 0 amide bonds. The number of nitrogens with one attached hydrogen (secondary N) is 1. The molecule has 0 saturated heterocycles. The summed E-state index contributed by atoms with van der Waals surface area (Å²) in [6.45, 7) is 9.73. The zero-order valence-electron chi connectivity index (χ0n) is 16.5. The first-order valence-corrected chi connectivity index (χ1v) is 10.1. The molecular weight excluding hydrogens is 420 g/mol. The normalized spacial score (nSPS) is 15.7. The molecular formula is C23H16ClF2N5. The molecule has 5 rings (SSSR count). The average Bonchev–Trinajstić information content (AvgIpc) is 3.12. The Labute approximate surface area is 182 Å². The third kappa shape index (κ3) is 3.20. The number of H-pyrrole nitrogens is 1. The van der Waals surface area contributed by atoms with E-state index in [1.54, 1.807) is 6.07 Å². The highest BCUT2D eigenvalue weighted by atomic mass is 35.5. The standard InChI is InChI=1S/C23H16ClF2N5/c1-12-3-5-13(6-4-12)21-20-14(15-9-16(24)17(25)10-19(15)29-20)7-8-31(21)23-28-11-18(26)22(27-2)30-23/h3-6,9-11,21,29H,7-8H2,1H3. The van der Waals surface area contributed by atoms with E-state index >= 15 is 0 Å². The summed E-state index contributed by atoms with van der Waals surface area (Å²) in [6.07, 6.45) is 1.66. The van der Waals surface area contributed by atoms with E-state index < -0.39 is 11.6 Å². The molecule has 4 aromatic rings. The van der Waals surface area contributed by atoms with Gasteiger partial charge in [-0.3, -0.25) is 0 Å². The zero-order chi connectivity index (χ0) is 21.7. The lowest BCUT2D eigenvalue weighted by Crippen LogP contribution is -2.37. The van der Waals surface area contributed by atoms with Crippen molar-refractivity contribution in [3.8, 4) is 0 Å². The smallest absolute Gasteiger partial charge is 0.323 e. The molecule has 1 atom stereocenters. The van der Waals surface area contributed by atoms with Crippen molar-refractivity contribution >= 4 is 34.3 Å². The van der Waals surface area contributed by atoms with Crippen molar-refractivity contribution in [1.82, 2.24) is 15.0 Å². The number of aromatic nitrogens is 3. The maximum Gasteiger partial charge on any atom is 0.323 e. The van der Waals surface area contributed by atoms with E-state index in [-0.39, 0.29) is 22.8 Å². The summed E-state index contributed by atoms with van der Waals surface area (Å²) < 4.78 is 27.9. The van der Waals surface area contributed by atoms with Crippen LogP contribution in [0, 0.1) is 25.1 Å². The number of benzene rings is 2. The van der Waals surface area contributed by atoms with Crippen molar-refractivity contribution in [3.05, 3.63) is 93.1 Å². The maximum absolute atomic E-state index is 14.1. The first-order chi connectivity index (χ1) is 15.0. The second-order valence-electron chi connectivity index (χ2n) is 7.54. The van der Waals surface area contributed by atoms with Gasteiger partial charge in [-0.05, 0) is 36.6 Å². The first kappa shape index (κ1) is 19.5. The summed E-state index contributed by atoms with van der Waals surface area (Å²) in [6, 6.07) is 10.8. The lowest BCUT2D eigenvalue weighted by Gasteiger charge is -2.34. The molecule has 3 heterocycles. The summed E-state index contributed by atoms with van der Waals surface area (Å²) >= 11 is 6.05. The minimum absolute atomic E-state index is 0.0761. The van der Waals surface area contributed by atoms with E-state index in [1.165, 1.54) is 6.07 Å². The number of halogens is 3. The summed E-state index contributed by atoms with van der Waals surface area (Å²) in [5.41, 5.74) is 4.68. The molecule has 0 spiro atoms. The van der Waals surface area contributed by atoms with Gasteiger partial charge in [-0.25, -0.2) is 8.78 Å². The molecule has 8 heteroatoms. The third-order valence-corrected chi connectivity index (χ3v) is 5.93. The van der Waals surface area contributed by atoms with Crippen molar-refractivity contribution in [1.29, 1.82) is 0 Å². The second kappa shape index (κ2) is 7.33. The Hall–Kier alpha value is -3.50. The molecule has 1 aliphatic rings. The van der Waals surface area contributed by atoms with E-state index in [2.05, 4.69) is 19.8 Å².